The molecule has 2 aromatic carbocycles. The van der Waals surface area contributed by atoms with Crippen molar-refractivity contribution in [3.05, 3.63) is 56.5 Å². The van der Waals surface area contributed by atoms with E-state index >= 15 is 0 Å². The summed E-state index contributed by atoms with van der Waals surface area (Å²) in [4.78, 5) is 25.9. The SMILES string of the molecule is COc1cc2c(cc1OC)-c1cc3cc(OC)c(OC)cc3c(=O)c(=O)n1CC2. The van der Waals surface area contributed by atoms with Gasteiger partial charge in [0.15, 0.2) is 23.0 Å². The number of hydrogen-bond donors (Lipinski definition) is 0. The van der Waals surface area contributed by atoms with Crippen LogP contribution in [0.4, 0.5) is 0 Å². The highest BCUT2D eigenvalue weighted by atomic mass is 16.5. The molecule has 0 radical (unpaired) electrons. The minimum absolute atomic E-state index is 0.288. The molecule has 1 aliphatic rings. The normalized spacial score (nSPS) is 12.1. The zero-order chi connectivity index (χ0) is 20.7. The lowest BCUT2D eigenvalue weighted by molar-refractivity contribution is 0.354. The standard InChI is InChI=1S/C22H21NO6/c1-26-17-8-12-5-6-23-16(14(12)10-19(17)28-3)7-13-9-18(27-2)20(29-4)11-15(13)21(24)22(23)25/h7-11H,5-6H2,1-4H3. The minimum atomic E-state index is -0.573. The van der Waals surface area contributed by atoms with Crippen molar-refractivity contribution in [2.24, 2.45) is 0 Å². The number of methoxy groups -OCH3 is 4. The Hall–Kier alpha value is -3.48. The fraction of sp³-hybridized carbons (Fsp3) is 0.273. The molecule has 0 spiro atoms. The summed E-state index contributed by atoms with van der Waals surface area (Å²) in [6, 6.07) is 8.86. The summed E-state index contributed by atoms with van der Waals surface area (Å²) in [7, 11) is 6.17. The van der Waals surface area contributed by atoms with E-state index in [0.29, 0.717) is 47.0 Å². The van der Waals surface area contributed by atoms with Gasteiger partial charge in [-0.2, -0.15) is 0 Å². The van der Waals surface area contributed by atoms with E-state index in [9.17, 15) is 9.59 Å². The first-order valence-corrected chi connectivity index (χ1v) is 9.11. The monoisotopic (exact) mass is 395 g/mol. The fourth-order valence-corrected chi connectivity index (χ4v) is 3.83. The maximum atomic E-state index is 13.0. The Morgan fingerprint density at radius 2 is 1.34 bits per heavy atom. The summed E-state index contributed by atoms with van der Waals surface area (Å²) in [5.74, 6) is 2.07. The molecule has 4 rings (SSSR count). The number of aromatic nitrogens is 1. The Balaban J connectivity index is 2.12. The van der Waals surface area contributed by atoms with Gasteiger partial charge < -0.3 is 23.5 Å². The summed E-state index contributed by atoms with van der Waals surface area (Å²) in [6.07, 6.45) is 0.606. The predicted octanol–water partition coefficient (Wildman–Crippen LogP) is 2.62. The van der Waals surface area contributed by atoms with Gasteiger partial charge in [-0.15, -0.1) is 0 Å². The quantitative estimate of drug-likeness (QED) is 0.632. The third-order valence-corrected chi connectivity index (χ3v) is 5.31. The molecule has 0 saturated heterocycles. The molecule has 0 atom stereocenters. The molecule has 1 aromatic heterocycles. The van der Waals surface area contributed by atoms with Crippen LogP contribution in [0.25, 0.3) is 22.0 Å². The topological polar surface area (TPSA) is 76.0 Å². The summed E-state index contributed by atoms with van der Waals surface area (Å²) in [5, 5.41) is 0.887. The molecule has 0 fully saturated rings. The summed E-state index contributed by atoms with van der Waals surface area (Å²) < 4.78 is 23.0. The molecule has 0 amide bonds. The van der Waals surface area contributed by atoms with Crippen LogP contribution in [0.3, 0.4) is 0 Å². The van der Waals surface area contributed by atoms with E-state index in [2.05, 4.69) is 0 Å². The van der Waals surface area contributed by atoms with Gasteiger partial charge in [0.25, 0.3) is 11.0 Å². The molecule has 7 heteroatoms. The van der Waals surface area contributed by atoms with Crippen LogP contribution in [0, 0.1) is 0 Å². The van der Waals surface area contributed by atoms with Gasteiger partial charge in [-0.3, -0.25) is 9.59 Å². The summed E-state index contributed by atoms with van der Waals surface area (Å²) >= 11 is 0. The molecule has 2 heterocycles. The lowest BCUT2D eigenvalue weighted by atomic mass is 9.96. The van der Waals surface area contributed by atoms with E-state index in [1.807, 2.05) is 18.2 Å². The third kappa shape index (κ3) is 2.90. The average Bonchev–Trinajstić information content (AvgIpc) is 2.86. The van der Waals surface area contributed by atoms with E-state index < -0.39 is 11.0 Å². The molecule has 150 valence electrons. The van der Waals surface area contributed by atoms with E-state index in [1.165, 1.54) is 18.8 Å². The number of hydrogen-bond acceptors (Lipinski definition) is 6. The van der Waals surface area contributed by atoms with Crippen LogP contribution in [-0.2, 0) is 13.0 Å². The van der Waals surface area contributed by atoms with Gasteiger partial charge in [0, 0.05) is 17.5 Å². The number of rotatable bonds is 4. The lowest BCUT2D eigenvalue weighted by Crippen LogP contribution is -2.34. The molecule has 7 nitrogen and oxygen atoms in total. The van der Waals surface area contributed by atoms with Crippen molar-refractivity contribution >= 4 is 10.8 Å². The highest BCUT2D eigenvalue weighted by molar-refractivity contribution is 5.88. The predicted molar refractivity (Wildman–Crippen MR) is 110 cm³/mol. The first-order valence-electron chi connectivity index (χ1n) is 9.11. The van der Waals surface area contributed by atoms with Crippen LogP contribution >= 0.6 is 0 Å². The van der Waals surface area contributed by atoms with Crippen LogP contribution in [0.1, 0.15) is 5.56 Å². The van der Waals surface area contributed by atoms with E-state index in [0.717, 1.165) is 11.1 Å². The van der Waals surface area contributed by atoms with Crippen molar-refractivity contribution in [3.63, 3.8) is 0 Å². The molecule has 0 aliphatic carbocycles. The zero-order valence-corrected chi connectivity index (χ0v) is 16.7. The Morgan fingerprint density at radius 1 is 0.759 bits per heavy atom. The second-order valence-electron chi connectivity index (χ2n) is 6.72. The van der Waals surface area contributed by atoms with Gasteiger partial charge in [0.1, 0.15) is 0 Å². The smallest absolute Gasteiger partial charge is 0.299 e. The van der Waals surface area contributed by atoms with Gasteiger partial charge in [-0.05, 0) is 47.7 Å². The van der Waals surface area contributed by atoms with Gasteiger partial charge >= 0.3 is 0 Å². The second-order valence-corrected chi connectivity index (χ2v) is 6.72. The fourth-order valence-electron chi connectivity index (χ4n) is 3.83. The maximum Gasteiger partial charge on any atom is 0.299 e. The number of ether oxygens (including phenoxy) is 4. The Bertz CT molecular complexity index is 1240. The Kier molecular flexibility index (Phi) is 4.66. The number of nitrogens with zero attached hydrogens (tertiary/aromatic N) is 1. The van der Waals surface area contributed by atoms with E-state index in [1.54, 1.807) is 26.4 Å². The number of fused-ring (bicyclic) bond motifs is 4. The van der Waals surface area contributed by atoms with Gasteiger partial charge in [-0.1, -0.05) is 0 Å². The summed E-state index contributed by atoms with van der Waals surface area (Å²) in [5.41, 5.74) is 1.36. The van der Waals surface area contributed by atoms with Crippen molar-refractivity contribution in [2.75, 3.05) is 28.4 Å². The van der Waals surface area contributed by atoms with E-state index in [-0.39, 0.29) is 5.39 Å². The molecule has 0 N–H and O–H groups in total. The number of benzene rings is 2. The number of aryl methyl sites for hydroxylation is 1. The Labute approximate surface area is 167 Å². The van der Waals surface area contributed by atoms with Crippen molar-refractivity contribution < 1.29 is 18.9 Å². The minimum Gasteiger partial charge on any atom is -0.493 e. The molecule has 0 saturated carbocycles. The molecule has 3 aromatic rings. The molecule has 29 heavy (non-hydrogen) atoms. The maximum absolute atomic E-state index is 13.0. The summed E-state index contributed by atoms with van der Waals surface area (Å²) in [6.45, 7) is 0.404. The van der Waals surface area contributed by atoms with Crippen molar-refractivity contribution in [1.29, 1.82) is 0 Å². The third-order valence-electron chi connectivity index (χ3n) is 5.31. The molecule has 1 aliphatic heterocycles. The molecular formula is C22H21NO6. The second kappa shape index (κ2) is 7.16. The molecule has 0 bridgehead atoms. The van der Waals surface area contributed by atoms with Crippen LogP contribution < -0.4 is 29.9 Å². The van der Waals surface area contributed by atoms with Gasteiger partial charge in [-0.25, -0.2) is 0 Å². The Morgan fingerprint density at radius 3 is 2.00 bits per heavy atom. The van der Waals surface area contributed by atoms with Crippen LogP contribution in [0.15, 0.2) is 39.9 Å². The van der Waals surface area contributed by atoms with E-state index in [4.69, 9.17) is 18.9 Å². The molecule has 0 unspecified atom stereocenters. The highest BCUT2D eigenvalue weighted by Crippen LogP contribution is 2.39. The van der Waals surface area contributed by atoms with Crippen LogP contribution in [0.2, 0.25) is 0 Å². The zero-order valence-electron chi connectivity index (χ0n) is 16.7. The lowest BCUT2D eigenvalue weighted by Gasteiger charge is -2.22. The largest absolute Gasteiger partial charge is 0.493 e. The first kappa shape index (κ1) is 18.9. The first-order chi connectivity index (χ1) is 14.0. The van der Waals surface area contributed by atoms with Crippen molar-refractivity contribution in [3.8, 4) is 34.3 Å². The van der Waals surface area contributed by atoms with Gasteiger partial charge in [0.05, 0.1) is 34.1 Å². The van der Waals surface area contributed by atoms with Crippen LogP contribution in [-0.4, -0.2) is 33.0 Å². The molecular weight excluding hydrogens is 374 g/mol. The van der Waals surface area contributed by atoms with Crippen molar-refractivity contribution in [2.45, 2.75) is 13.0 Å². The van der Waals surface area contributed by atoms with Gasteiger partial charge in [0.2, 0.25) is 0 Å². The van der Waals surface area contributed by atoms with Crippen LogP contribution in [0.5, 0.6) is 23.0 Å². The van der Waals surface area contributed by atoms with Crippen molar-refractivity contribution in [1.82, 2.24) is 4.57 Å². The highest BCUT2D eigenvalue weighted by Gasteiger charge is 2.22. The average molecular weight is 395 g/mol.